The minimum absolute atomic E-state index is 0.700. The highest BCUT2D eigenvalue weighted by Crippen LogP contribution is 2.30. The van der Waals surface area contributed by atoms with E-state index in [4.69, 9.17) is 9.47 Å². The van der Waals surface area contributed by atoms with Crippen LogP contribution >= 0.6 is 0 Å². The molecule has 1 saturated heterocycles. The van der Waals surface area contributed by atoms with Gasteiger partial charge in [0.05, 0.1) is 18.7 Å². The number of rotatable bonds is 4. The summed E-state index contributed by atoms with van der Waals surface area (Å²) in [6, 6.07) is 6.29. The van der Waals surface area contributed by atoms with Crippen LogP contribution in [0.25, 0.3) is 10.9 Å². The second-order valence-electron chi connectivity index (χ2n) is 5.99. The molecule has 1 fully saturated rings. The third-order valence-corrected chi connectivity index (χ3v) is 4.22. The predicted molar refractivity (Wildman–Crippen MR) is 100 cm³/mol. The first-order valence-electron chi connectivity index (χ1n) is 8.95. The van der Waals surface area contributed by atoms with Gasteiger partial charge in [-0.3, -0.25) is 9.88 Å². The fourth-order valence-electron chi connectivity index (χ4n) is 3.03. The van der Waals surface area contributed by atoms with Crippen LogP contribution < -0.4 is 4.74 Å². The monoisotopic (exact) mass is 330 g/mol. The number of aromatic nitrogens is 1. The molecule has 0 saturated carbocycles. The second-order valence-corrected chi connectivity index (χ2v) is 5.99. The van der Waals surface area contributed by atoms with Crippen LogP contribution in [0.4, 0.5) is 0 Å². The number of aryl methyl sites for hydroxylation is 3. The Bertz CT molecular complexity index is 664. The van der Waals surface area contributed by atoms with Crippen molar-refractivity contribution in [1.82, 2.24) is 9.88 Å². The summed E-state index contributed by atoms with van der Waals surface area (Å²) in [4.78, 5) is 7.07. The van der Waals surface area contributed by atoms with E-state index in [9.17, 15) is 0 Å². The zero-order chi connectivity index (χ0) is 17.5. The molecule has 1 aromatic heterocycles. The van der Waals surface area contributed by atoms with Crippen molar-refractivity contribution in [3.05, 3.63) is 35.0 Å². The van der Waals surface area contributed by atoms with Gasteiger partial charge in [0.1, 0.15) is 12.4 Å². The molecular weight excluding hydrogens is 300 g/mol. The summed E-state index contributed by atoms with van der Waals surface area (Å²) in [5.41, 5.74) is 4.54. The van der Waals surface area contributed by atoms with Crippen LogP contribution in [-0.2, 0) is 4.74 Å². The van der Waals surface area contributed by atoms with Crippen molar-refractivity contribution in [1.29, 1.82) is 0 Å². The van der Waals surface area contributed by atoms with Crippen molar-refractivity contribution >= 4 is 10.9 Å². The Morgan fingerprint density at radius 3 is 2.50 bits per heavy atom. The van der Waals surface area contributed by atoms with Crippen LogP contribution in [0.15, 0.2) is 18.2 Å². The van der Waals surface area contributed by atoms with E-state index < -0.39 is 0 Å². The molecule has 1 aliphatic heterocycles. The molecule has 4 nitrogen and oxygen atoms in total. The summed E-state index contributed by atoms with van der Waals surface area (Å²) < 4.78 is 11.4. The molecule has 2 aromatic rings. The van der Waals surface area contributed by atoms with Crippen LogP contribution in [0.2, 0.25) is 0 Å². The Morgan fingerprint density at radius 2 is 1.79 bits per heavy atom. The van der Waals surface area contributed by atoms with Gasteiger partial charge >= 0.3 is 0 Å². The molecule has 0 aliphatic carbocycles. The molecule has 24 heavy (non-hydrogen) atoms. The first-order valence-corrected chi connectivity index (χ1v) is 8.95. The summed E-state index contributed by atoms with van der Waals surface area (Å²) in [6.07, 6.45) is 0. The largest absolute Gasteiger partial charge is 0.492 e. The minimum Gasteiger partial charge on any atom is -0.492 e. The van der Waals surface area contributed by atoms with Crippen LogP contribution in [0.3, 0.4) is 0 Å². The Labute approximate surface area is 145 Å². The summed E-state index contributed by atoms with van der Waals surface area (Å²) in [5.74, 6) is 0.943. The number of benzene rings is 1. The highest BCUT2D eigenvalue weighted by atomic mass is 16.5. The fraction of sp³-hybridized carbons (Fsp3) is 0.550. The number of morpholine rings is 1. The number of fused-ring (bicyclic) bond motifs is 1. The first kappa shape index (κ1) is 18.7. The zero-order valence-corrected chi connectivity index (χ0v) is 15.7. The molecule has 2 heterocycles. The third-order valence-electron chi connectivity index (χ3n) is 4.22. The molecule has 0 unspecified atom stereocenters. The lowest BCUT2D eigenvalue weighted by Crippen LogP contribution is -2.38. The van der Waals surface area contributed by atoms with Gasteiger partial charge in [-0.1, -0.05) is 19.9 Å². The van der Waals surface area contributed by atoms with E-state index in [0.29, 0.717) is 6.61 Å². The Kier molecular flexibility index (Phi) is 7.00. The number of hydrogen-bond donors (Lipinski definition) is 0. The van der Waals surface area contributed by atoms with E-state index in [0.717, 1.165) is 55.2 Å². The summed E-state index contributed by atoms with van der Waals surface area (Å²) in [5, 5.41) is 1.15. The lowest BCUT2D eigenvalue weighted by Gasteiger charge is -2.26. The van der Waals surface area contributed by atoms with Crippen LogP contribution in [0, 0.1) is 20.8 Å². The van der Waals surface area contributed by atoms with Crippen molar-refractivity contribution < 1.29 is 9.47 Å². The van der Waals surface area contributed by atoms with Gasteiger partial charge in [0.15, 0.2) is 0 Å². The van der Waals surface area contributed by atoms with E-state index in [1.807, 2.05) is 20.8 Å². The summed E-state index contributed by atoms with van der Waals surface area (Å²) >= 11 is 0. The highest BCUT2D eigenvalue weighted by Gasteiger charge is 2.12. The second kappa shape index (κ2) is 9.00. The van der Waals surface area contributed by atoms with Gasteiger partial charge in [0.25, 0.3) is 0 Å². The molecule has 0 N–H and O–H groups in total. The van der Waals surface area contributed by atoms with Crippen molar-refractivity contribution in [3.63, 3.8) is 0 Å². The van der Waals surface area contributed by atoms with Gasteiger partial charge in [-0.2, -0.15) is 0 Å². The number of nitrogens with zero attached hydrogens (tertiary/aromatic N) is 2. The van der Waals surface area contributed by atoms with E-state index >= 15 is 0 Å². The SMILES string of the molecule is CC.Cc1cc(C)c2c(OCCN3CCOCC3)ccc(C)c2n1. The number of hydrogen-bond acceptors (Lipinski definition) is 4. The Balaban J connectivity index is 0.00000100. The molecule has 0 radical (unpaired) electrons. The topological polar surface area (TPSA) is 34.6 Å². The molecule has 0 amide bonds. The molecule has 4 heteroatoms. The van der Waals surface area contributed by atoms with E-state index in [1.165, 1.54) is 11.1 Å². The average Bonchev–Trinajstić information content (AvgIpc) is 2.60. The highest BCUT2D eigenvalue weighted by molar-refractivity contribution is 5.90. The van der Waals surface area contributed by atoms with Gasteiger partial charge in [-0.25, -0.2) is 0 Å². The predicted octanol–water partition coefficient (Wildman–Crippen LogP) is 3.90. The van der Waals surface area contributed by atoms with Crippen molar-refractivity contribution in [2.75, 3.05) is 39.5 Å². The Hall–Kier alpha value is -1.65. The van der Waals surface area contributed by atoms with E-state index in [1.54, 1.807) is 0 Å². The summed E-state index contributed by atoms with van der Waals surface area (Å²) in [7, 11) is 0. The molecular formula is C20H30N2O2. The maximum Gasteiger partial charge on any atom is 0.129 e. The lowest BCUT2D eigenvalue weighted by molar-refractivity contribution is 0.0323. The average molecular weight is 330 g/mol. The molecule has 0 atom stereocenters. The number of ether oxygens (including phenoxy) is 2. The number of pyridine rings is 1. The quantitative estimate of drug-likeness (QED) is 0.851. The van der Waals surface area contributed by atoms with Crippen LogP contribution in [0.5, 0.6) is 5.75 Å². The molecule has 1 aliphatic rings. The van der Waals surface area contributed by atoms with E-state index in [-0.39, 0.29) is 0 Å². The first-order chi connectivity index (χ1) is 11.6. The van der Waals surface area contributed by atoms with Gasteiger partial charge in [0.2, 0.25) is 0 Å². The van der Waals surface area contributed by atoms with Gasteiger partial charge in [-0.05, 0) is 44.0 Å². The Morgan fingerprint density at radius 1 is 1.08 bits per heavy atom. The minimum atomic E-state index is 0.700. The standard InChI is InChI=1S/C18H24N2O2.C2H6/c1-13-4-5-16(17-14(2)12-15(3)19-18(13)17)22-11-8-20-6-9-21-10-7-20;1-2/h4-5,12H,6-11H2,1-3H3;1-2H3. The normalized spacial score (nSPS) is 15.0. The summed E-state index contributed by atoms with van der Waals surface area (Å²) in [6.45, 7) is 15.6. The maximum absolute atomic E-state index is 6.08. The van der Waals surface area contributed by atoms with Crippen molar-refractivity contribution in [3.8, 4) is 5.75 Å². The van der Waals surface area contributed by atoms with Gasteiger partial charge in [0, 0.05) is 30.7 Å². The fourth-order valence-corrected chi connectivity index (χ4v) is 3.03. The van der Waals surface area contributed by atoms with E-state index in [2.05, 4.69) is 41.9 Å². The smallest absolute Gasteiger partial charge is 0.129 e. The van der Waals surface area contributed by atoms with Crippen molar-refractivity contribution in [2.24, 2.45) is 0 Å². The van der Waals surface area contributed by atoms with Crippen LogP contribution in [0.1, 0.15) is 30.7 Å². The molecule has 0 bridgehead atoms. The zero-order valence-electron chi connectivity index (χ0n) is 15.7. The molecule has 132 valence electrons. The van der Waals surface area contributed by atoms with Crippen LogP contribution in [-0.4, -0.2) is 49.3 Å². The van der Waals surface area contributed by atoms with Crippen molar-refractivity contribution in [2.45, 2.75) is 34.6 Å². The molecule has 0 spiro atoms. The lowest BCUT2D eigenvalue weighted by atomic mass is 10.0. The van der Waals surface area contributed by atoms with Gasteiger partial charge in [-0.15, -0.1) is 0 Å². The molecule has 1 aromatic carbocycles. The third kappa shape index (κ3) is 4.46. The maximum atomic E-state index is 6.08. The molecule has 3 rings (SSSR count). The van der Waals surface area contributed by atoms with Gasteiger partial charge < -0.3 is 9.47 Å².